The Morgan fingerprint density at radius 3 is 2.42 bits per heavy atom. The number of fused-ring (bicyclic) bond motifs is 1. The number of rotatable bonds is 6. The minimum absolute atomic E-state index is 0.0281. The van der Waals surface area contributed by atoms with Crippen LogP contribution in [0.15, 0.2) is 42.0 Å². The van der Waals surface area contributed by atoms with Crippen molar-refractivity contribution in [3.63, 3.8) is 0 Å². The van der Waals surface area contributed by atoms with E-state index in [1.54, 1.807) is 26.4 Å². The van der Waals surface area contributed by atoms with E-state index in [2.05, 4.69) is 5.32 Å². The molecule has 0 heterocycles. The Balaban J connectivity index is 1.66. The number of carbonyl (C=O) groups is 1. The summed E-state index contributed by atoms with van der Waals surface area (Å²) in [4.78, 5) is 12.5. The zero-order chi connectivity index (χ0) is 18.7. The van der Waals surface area contributed by atoms with E-state index in [0.29, 0.717) is 35.6 Å². The molecule has 0 bridgehead atoms. The Kier molecular flexibility index (Phi) is 4.93. The van der Waals surface area contributed by atoms with Gasteiger partial charge in [0.15, 0.2) is 11.5 Å². The number of benzene rings is 2. The molecular formula is C20H21N3O3. The number of nitrogens with two attached hydrogens (primary N) is 1. The number of nitrogens with one attached hydrogen (secondary N) is 2. The second-order valence-electron chi connectivity index (χ2n) is 6.05. The van der Waals surface area contributed by atoms with Crippen LogP contribution in [0.3, 0.4) is 0 Å². The summed E-state index contributed by atoms with van der Waals surface area (Å²) in [5.74, 6) is 1.23. The molecule has 0 unspecified atom stereocenters. The van der Waals surface area contributed by atoms with Crippen LogP contribution in [0.25, 0.3) is 6.08 Å². The van der Waals surface area contributed by atoms with E-state index >= 15 is 0 Å². The summed E-state index contributed by atoms with van der Waals surface area (Å²) >= 11 is 0. The van der Waals surface area contributed by atoms with Gasteiger partial charge < -0.3 is 20.5 Å². The first-order valence-electron chi connectivity index (χ1n) is 8.19. The van der Waals surface area contributed by atoms with Gasteiger partial charge in [-0.05, 0) is 34.9 Å². The number of methoxy groups -OCH3 is 2. The van der Waals surface area contributed by atoms with Crippen LogP contribution in [0, 0.1) is 5.41 Å². The summed E-state index contributed by atoms with van der Waals surface area (Å²) in [5, 5.41) is 10.3. The monoisotopic (exact) mass is 351 g/mol. The Morgan fingerprint density at radius 1 is 1.15 bits per heavy atom. The Bertz CT molecular complexity index is 886. The standard InChI is InChI=1S/C20H21N3O3/c1-25-17-9-14-7-16(8-15(14)10-18(17)26-2)20(24)23-11-12-3-5-13(6-4-12)19(21)22/h3-7,9-10H,8,11H2,1-2H3,(H3,21,22)(H,23,24). The molecule has 134 valence electrons. The first-order chi connectivity index (χ1) is 12.5. The van der Waals surface area contributed by atoms with Gasteiger partial charge in [0.1, 0.15) is 5.84 Å². The SMILES string of the molecule is COc1cc2c(cc1OC)CC(C(=O)NCc1ccc(C(=N)N)cc1)=C2. The van der Waals surface area contributed by atoms with Crippen molar-refractivity contribution >= 4 is 17.8 Å². The van der Waals surface area contributed by atoms with Crippen molar-refractivity contribution in [2.24, 2.45) is 5.73 Å². The van der Waals surface area contributed by atoms with Gasteiger partial charge in [-0.25, -0.2) is 0 Å². The molecule has 0 aromatic heterocycles. The molecule has 26 heavy (non-hydrogen) atoms. The van der Waals surface area contributed by atoms with Gasteiger partial charge in [-0.3, -0.25) is 10.2 Å². The first-order valence-corrected chi connectivity index (χ1v) is 8.19. The summed E-state index contributed by atoms with van der Waals surface area (Å²) in [6.07, 6.45) is 2.44. The molecule has 0 radical (unpaired) electrons. The summed E-state index contributed by atoms with van der Waals surface area (Å²) in [5.41, 5.74) is 9.77. The fraction of sp³-hybridized carbons (Fsp3) is 0.200. The second-order valence-corrected chi connectivity index (χ2v) is 6.05. The third-order valence-corrected chi connectivity index (χ3v) is 4.37. The smallest absolute Gasteiger partial charge is 0.247 e. The predicted molar refractivity (Wildman–Crippen MR) is 101 cm³/mol. The maximum atomic E-state index is 12.5. The lowest BCUT2D eigenvalue weighted by Crippen LogP contribution is -2.24. The second kappa shape index (κ2) is 7.31. The molecule has 0 saturated heterocycles. The van der Waals surface area contributed by atoms with Crippen molar-refractivity contribution in [1.29, 1.82) is 5.41 Å². The van der Waals surface area contributed by atoms with Crippen LogP contribution < -0.4 is 20.5 Å². The van der Waals surface area contributed by atoms with Crippen LogP contribution in [0.4, 0.5) is 0 Å². The van der Waals surface area contributed by atoms with Crippen LogP contribution in [0.2, 0.25) is 0 Å². The summed E-state index contributed by atoms with van der Waals surface area (Å²) in [6.45, 7) is 0.414. The third-order valence-electron chi connectivity index (χ3n) is 4.37. The molecule has 2 aromatic rings. The minimum atomic E-state index is -0.102. The maximum Gasteiger partial charge on any atom is 0.247 e. The van der Waals surface area contributed by atoms with Gasteiger partial charge in [0, 0.05) is 24.1 Å². The number of carbonyl (C=O) groups excluding carboxylic acids is 1. The number of amides is 1. The van der Waals surface area contributed by atoms with Gasteiger partial charge in [0.05, 0.1) is 14.2 Å². The van der Waals surface area contributed by atoms with Crippen molar-refractivity contribution < 1.29 is 14.3 Å². The Labute approximate surface area is 152 Å². The lowest BCUT2D eigenvalue weighted by Gasteiger charge is -2.09. The van der Waals surface area contributed by atoms with Crippen molar-refractivity contribution in [3.8, 4) is 11.5 Å². The highest BCUT2D eigenvalue weighted by atomic mass is 16.5. The Hall–Kier alpha value is -3.28. The topological polar surface area (TPSA) is 97.4 Å². The van der Waals surface area contributed by atoms with E-state index in [4.69, 9.17) is 20.6 Å². The van der Waals surface area contributed by atoms with Gasteiger partial charge >= 0.3 is 0 Å². The molecule has 6 heteroatoms. The highest BCUT2D eigenvalue weighted by Crippen LogP contribution is 2.35. The van der Waals surface area contributed by atoms with E-state index in [1.165, 1.54) is 0 Å². The van der Waals surface area contributed by atoms with E-state index in [0.717, 1.165) is 16.7 Å². The number of nitrogen functional groups attached to an aromatic ring is 1. The first kappa shape index (κ1) is 17.5. The fourth-order valence-corrected chi connectivity index (χ4v) is 2.91. The lowest BCUT2D eigenvalue weighted by molar-refractivity contribution is -0.117. The molecule has 3 rings (SSSR count). The van der Waals surface area contributed by atoms with E-state index < -0.39 is 0 Å². The predicted octanol–water partition coefficient (Wildman–Crippen LogP) is 2.24. The van der Waals surface area contributed by atoms with Crippen LogP contribution in [0.1, 0.15) is 22.3 Å². The lowest BCUT2D eigenvalue weighted by atomic mass is 10.1. The molecule has 2 aromatic carbocycles. The molecular weight excluding hydrogens is 330 g/mol. The van der Waals surface area contributed by atoms with Crippen molar-refractivity contribution in [1.82, 2.24) is 5.32 Å². The molecule has 0 spiro atoms. The molecule has 4 N–H and O–H groups in total. The number of hydrogen-bond acceptors (Lipinski definition) is 4. The number of amidine groups is 1. The van der Waals surface area contributed by atoms with Gasteiger partial charge in [-0.15, -0.1) is 0 Å². The average molecular weight is 351 g/mol. The quantitative estimate of drug-likeness (QED) is 0.549. The number of hydrogen-bond donors (Lipinski definition) is 3. The zero-order valence-electron chi connectivity index (χ0n) is 14.8. The molecule has 0 atom stereocenters. The largest absolute Gasteiger partial charge is 0.493 e. The average Bonchev–Trinajstić information content (AvgIpc) is 3.08. The van der Waals surface area contributed by atoms with E-state index in [-0.39, 0.29) is 11.7 Å². The van der Waals surface area contributed by atoms with Gasteiger partial charge in [0.25, 0.3) is 0 Å². The van der Waals surface area contributed by atoms with Gasteiger partial charge in [-0.2, -0.15) is 0 Å². The maximum absolute atomic E-state index is 12.5. The third kappa shape index (κ3) is 3.54. The highest BCUT2D eigenvalue weighted by Gasteiger charge is 2.21. The molecule has 0 aliphatic heterocycles. The molecule has 0 fully saturated rings. The zero-order valence-corrected chi connectivity index (χ0v) is 14.8. The van der Waals surface area contributed by atoms with Crippen LogP contribution in [0.5, 0.6) is 11.5 Å². The van der Waals surface area contributed by atoms with E-state index in [1.807, 2.05) is 30.3 Å². The molecule has 1 amide bonds. The number of ether oxygens (including phenoxy) is 2. The van der Waals surface area contributed by atoms with Crippen LogP contribution in [-0.2, 0) is 17.8 Å². The molecule has 0 saturated carbocycles. The summed E-state index contributed by atoms with van der Waals surface area (Å²) in [7, 11) is 3.19. The minimum Gasteiger partial charge on any atom is -0.493 e. The molecule has 1 aliphatic rings. The van der Waals surface area contributed by atoms with Gasteiger partial charge in [-0.1, -0.05) is 24.3 Å². The van der Waals surface area contributed by atoms with Crippen molar-refractivity contribution in [2.75, 3.05) is 14.2 Å². The Morgan fingerprint density at radius 2 is 1.81 bits per heavy atom. The van der Waals surface area contributed by atoms with Crippen molar-refractivity contribution in [2.45, 2.75) is 13.0 Å². The normalized spacial score (nSPS) is 12.2. The van der Waals surface area contributed by atoms with E-state index in [9.17, 15) is 4.79 Å². The summed E-state index contributed by atoms with van der Waals surface area (Å²) < 4.78 is 10.6. The van der Waals surface area contributed by atoms with Crippen molar-refractivity contribution in [3.05, 3.63) is 64.2 Å². The molecule has 6 nitrogen and oxygen atoms in total. The van der Waals surface area contributed by atoms with Gasteiger partial charge in [0.2, 0.25) is 5.91 Å². The molecule has 1 aliphatic carbocycles. The van der Waals surface area contributed by atoms with Crippen LogP contribution in [-0.4, -0.2) is 26.0 Å². The fourth-order valence-electron chi connectivity index (χ4n) is 2.91. The van der Waals surface area contributed by atoms with Crippen LogP contribution >= 0.6 is 0 Å². The highest BCUT2D eigenvalue weighted by molar-refractivity contribution is 6.00. The summed E-state index contributed by atoms with van der Waals surface area (Å²) in [6, 6.07) is 11.0.